The summed E-state index contributed by atoms with van der Waals surface area (Å²) in [6.07, 6.45) is 0. The summed E-state index contributed by atoms with van der Waals surface area (Å²) in [5.41, 5.74) is 1.14. The summed E-state index contributed by atoms with van der Waals surface area (Å²) >= 11 is 7.81. The third-order valence-corrected chi connectivity index (χ3v) is 4.55. The van der Waals surface area contributed by atoms with Crippen LogP contribution in [0.15, 0.2) is 30.3 Å². The van der Waals surface area contributed by atoms with Crippen LogP contribution in [0, 0.1) is 0 Å². The van der Waals surface area contributed by atoms with E-state index in [9.17, 15) is 0 Å². The monoisotopic (exact) mass is 281 g/mol. The van der Waals surface area contributed by atoms with Gasteiger partial charge in [0.1, 0.15) is 5.75 Å². The second-order valence-corrected chi connectivity index (χ2v) is 5.58. The molecule has 1 aromatic carbocycles. The van der Waals surface area contributed by atoms with Gasteiger partial charge in [-0.1, -0.05) is 17.7 Å². The Morgan fingerprint density at radius 2 is 2.06 bits per heavy atom. The molecular formula is C14H16ClNOS. The maximum absolute atomic E-state index is 6.03. The van der Waals surface area contributed by atoms with Crippen molar-refractivity contribution < 1.29 is 4.74 Å². The van der Waals surface area contributed by atoms with Gasteiger partial charge in [-0.15, -0.1) is 11.3 Å². The lowest BCUT2D eigenvalue weighted by atomic mass is 10.2. The zero-order valence-electron chi connectivity index (χ0n) is 10.7. The fourth-order valence-corrected chi connectivity index (χ4v) is 2.96. The molecule has 0 radical (unpaired) electrons. The van der Waals surface area contributed by atoms with Crippen molar-refractivity contribution >= 4 is 22.9 Å². The predicted octanol–water partition coefficient (Wildman–Crippen LogP) is 4.36. The van der Waals surface area contributed by atoms with Crippen molar-refractivity contribution in [1.29, 1.82) is 0 Å². The minimum absolute atomic E-state index is 0.373. The van der Waals surface area contributed by atoms with Gasteiger partial charge >= 0.3 is 0 Å². The second-order valence-electron chi connectivity index (χ2n) is 4.06. The third kappa shape index (κ3) is 2.69. The van der Waals surface area contributed by atoms with Crippen LogP contribution >= 0.6 is 22.9 Å². The average Bonchev–Trinajstić information content (AvgIpc) is 2.88. The number of hydrogen-bond donors (Lipinski definition) is 1. The van der Waals surface area contributed by atoms with E-state index in [0.717, 1.165) is 5.56 Å². The van der Waals surface area contributed by atoms with E-state index in [-0.39, 0.29) is 0 Å². The lowest BCUT2D eigenvalue weighted by molar-refractivity contribution is 0.415. The molecule has 2 nitrogen and oxygen atoms in total. The fourth-order valence-electron chi connectivity index (χ4n) is 1.70. The van der Waals surface area contributed by atoms with Gasteiger partial charge in [-0.3, -0.25) is 0 Å². The van der Waals surface area contributed by atoms with E-state index in [1.54, 1.807) is 18.4 Å². The Balaban J connectivity index is 2.34. The van der Waals surface area contributed by atoms with Crippen LogP contribution in [0.4, 0.5) is 0 Å². The van der Waals surface area contributed by atoms with E-state index in [4.69, 9.17) is 16.3 Å². The van der Waals surface area contributed by atoms with Crippen LogP contribution in [0.3, 0.4) is 0 Å². The van der Waals surface area contributed by atoms with Crippen molar-refractivity contribution in [2.45, 2.75) is 13.0 Å². The number of rotatable bonds is 4. The highest BCUT2D eigenvalue weighted by Crippen LogP contribution is 2.35. The second kappa shape index (κ2) is 5.74. The van der Waals surface area contributed by atoms with Crippen molar-refractivity contribution in [2.75, 3.05) is 14.2 Å². The van der Waals surface area contributed by atoms with E-state index in [1.807, 2.05) is 25.2 Å². The molecule has 1 unspecified atom stereocenters. The first-order valence-corrected chi connectivity index (χ1v) is 6.96. The quantitative estimate of drug-likeness (QED) is 0.899. The normalized spacial score (nSPS) is 12.4. The number of methoxy groups -OCH3 is 1. The molecule has 0 aliphatic heterocycles. The molecule has 0 aliphatic rings. The molecule has 0 bridgehead atoms. The summed E-state index contributed by atoms with van der Waals surface area (Å²) in [6.45, 7) is 2.15. The summed E-state index contributed by atoms with van der Waals surface area (Å²) in [5, 5.41) is 3.88. The van der Waals surface area contributed by atoms with Crippen LogP contribution in [-0.4, -0.2) is 14.2 Å². The highest BCUT2D eigenvalue weighted by molar-refractivity contribution is 7.15. The highest BCUT2D eigenvalue weighted by atomic mass is 35.5. The minimum atomic E-state index is 0.373. The van der Waals surface area contributed by atoms with E-state index in [0.29, 0.717) is 16.8 Å². The molecule has 0 spiro atoms. The van der Waals surface area contributed by atoms with Crippen LogP contribution in [0.1, 0.15) is 17.8 Å². The Kier molecular flexibility index (Phi) is 4.27. The summed E-state index contributed by atoms with van der Waals surface area (Å²) in [7, 11) is 3.60. The topological polar surface area (TPSA) is 21.3 Å². The van der Waals surface area contributed by atoms with Gasteiger partial charge in [0.15, 0.2) is 0 Å². The molecular weight excluding hydrogens is 266 g/mol. The minimum Gasteiger partial charge on any atom is -0.495 e. The molecule has 1 N–H and O–H groups in total. The largest absolute Gasteiger partial charge is 0.495 e. The molecule has 2 rings (SSSR count). The lowest BCUT2D eigenvalue weighted by Crippen LogP contribution is -2.10. The van der Waals surface area contributed by atoms with E-state index < -0.39 is 0 Å². The number of hydrogen-bond acceptors (Lipinski definition) is 3. The van der Waals surface area contributed by atoms with Gasteiger partial charge in [-0.2, -0.15) is 0 Å². The number of halogens is 1. The first-order chi connectivity index (χ1) is 8.65. The van der Waals surface area contributed by atoms with Gasteiger partial charge in [0.05, 0.1) is 12.1 Å². The number of ether oxygens (including phenoxy) is 1. The molecule has 4 heteroatoms. The van der Waals surface area contributed by atoms with Crippen molar-refractivity contribution in [3.8, 4) is 16.2 Å². The molecule has 0 amide bonds. The van der Waals surface area contributed by atoms with Gasteiger partial charge in [-0.05, 0) is 43.8 Å². The first-order valence-electron chi connectivity index (χ1n) is 5.76. The first kappa shape index (κ1) is 13.4. The van der Waals surface area contributed by atoms with E-state index >= 15 is 0 Å². The molecule has 1 aromatic heterocycles. The molecule has 0 aliphatic carbocycles. The number of thiophene rings is 1. The predicted molar refractivity (Wildman–Crippen MR) is 78.8 cm³/mol. The fraction of sp³-hybridized carbons (Fsp3) is 0.286. The Hall–Kier alpha value is -1.03. The van der Waals surface area contributed by atoms with Gasteiger partial charge in [0, 0.05) is 15.8 Å². The van der Waals surface area contributed by atoms with Gasteiger partial charge in [0.25, 0.3) is 0 Å². The number of nitrogens with one attached hydrogen (secondary N) is 1. The van der Waals surface area contributed by atoms with Crippen LogP contribution < -0.4 is 10.1 Å². The number of benzene rings is 1. The maximum Gasteiger partial charge on any atom is 0.138 e. The lowest BCUT2D eigenvalue weighted by Gasteiger charge is -2.07. The standard InChI is InChI=1S/C14H16ClNOS/c1-9(16-2)13-6-7-14(18-13)10-4-5-11(15)12(8-10)17-3/h4-9,16H,1-3H3. The third-order valence-electron chi connectivity index (χ3n) is 2.92. The van der Waals surface area contributed by atoms with E-state index in [2.05, 4.69) is 24.4 Å². The van der Waals surface area contributed by atoms with Crippen molar-refractivity contribution in [3.63, 3.8) is 0 Å². The molecule has 18 heavy (non-hydrogen) atoms. The zero-order valence-corrected chi connectivity index (χ0v) is 12.2. The molecule has 1 atom stereocenters. The molecule has 0 fully saturated rings. The van der Waals surface area contributed by atoms with Crippen LogP contribution in [0.2, 0.25) is 5.02 Å². The average molecular weight is 282 g/mol. The van der Waals surface area contributed by atoms with Crippen LogP contribution in [0.5, 0.6) is 5.75 Å². The Morgan fingerprint density at radius 1 is 1.28 bits per heavy atom. The van der Waals surface area contributed by atoms with Crippen molar-refractivity contribution in [3.05, 3.63) is 40.2 Å². The SMILES string of the molecule is CNC(C)c1ccc(-c2ccc(Cl)c(OC)c2)s1. The molecule has 0 saturated heterocycles. The van der Waals surface area contributed by atoms with Crippen molar-refractivity contribution in [1.82, 2.24) is 5.32 Å². The van der Waals surface area contributed by atoms with Crippen LogP contribution in [-0.2, 0) is 0 Å². The zero-order chi connectivity index (χ0) is 13.1. The van der Waals surface area contributed by atoms with Gasteiger partial charge in [0.2, 0.25) is 0 Å². The van der Waals surface area contributed by atoms with Crippen LogP contribution in [0.25, 0.3) is 10.4 Å². The van der Waals surface area contributed by atoms with Gasteiger partial charge in [-0.25, -0.2) is 0 Å². The Bertz CT molecular complexity index is 538. The van der Waals surface area contributed by atoms with Gasteiger partial charge < -0.3 is 10.1 Å². The Morgan fingerprint density at radius 3 is 2.72 bits per heavy atom. The smallest absolute Gasteiger partial charge is 0.138 e. The van der Waals surface area contributed by atoms with E-state index in [1.165, 1.54) is 9.75 Å². The molecule has 96 valence electrons. The molecule has 0 saturated carbocycles. The molecule has 1 heterocycles. The maximum atomic E-state index is 6.03. The summed E-state index contributed by atoms with van der Waals surface area (Å²) in [4.78, 5) is 2.54. The highest BCUT2D eigenvalue weighted by Gasteiger charge is 2.09. The summed E-state index contributed by atoms with van der Waals surface area (Å²) < 4.78 is 5.24. The van der Waals surface area contributed by atoms with Crippen molar-refractivity contribution in [2.24, 2.45) is 0 Å². The Labute approximate surface area is 117 Å². The molecule has 2 aromatic rings. The summed E-state index contributed by atoms with van der Waals surface area (Å²) in [5.74, 6) is 0.714. The summed E-state index contributed by atoms with van der Waals surface area (Å²) in [6, 6.07) is 10.5.